The molecule has 0 saturated carbocycles. The number of esters is 1. The molecule has 10 heteroatoms. The Labute approximate surface area is 230 Å². The Kier molecular flexibility index (Phi) is 7.71. The monoisotopic (exact) mass is 551 g/mol. The van der Waals surface area contributed by atoms with Gasteiger partial charge in [-0.05, 0) is 51.0 Å². The number of nitrogens with zero attached hydrogens (tertiary/aromatic N) is 3. The van der Waals surface area contributed by atoms with E-state index in [9.17, 15) is 14.4 Å². The van der Waals surface area contributed by atoms with Crippen LogP contribution in [0.5, 0.6) is 0 Å². The second-order valence-corrected chi connectivity index (χ2v) is 10.9. The molecule has 2 fully saturated rings. The van der Waals surface area contributed by atoms with E-state index < -0.39 is 0 Å². The molecule has 0 radical (unpaired) electrons. The van der Waals surface area contributed by atoms with E-state index in [0.29, 0.717) is 59.6 Å². The number of thioether (sulfide) groups is 1. The molecule has 5 rings (SSSR count). The third kappa shape index (κ3) is 4.90. The zero-order valence-corrected chi connectivity index (χ0v) is 23.0. The zero-order chi connectivity index (χ0) is 26.8. The first-order chi connectivity index (χ1) is 18.4. The number of ether oxygens (including phenoxy) is 1. The van der Waals surface area contributed by atoms with Crippen LogP contribution in [0.15, 0.2) is 56.8 Å². The smallest absolute Gasteiger partial charge is 0.309 e. The van der Waals surface area contributed by atoms with Gasteiger partial charge in [0, 0.05) is 25.0 Å². The van der Waals surface area contributed by atoms with Gasteiger partial charge < -0.3 is 18.6 Å². The summed E-state index contributed by atoms with van der Waals surface area (Å²) >= 11 is 6.70. The minimum absolute atomic E-state index is 0.158. The Bertz CT molecular complexity index is 1470. The van der Waals surface area contributed by atoms with Gasteiger partial charge in [-0.2, -0.15) is 0 Å². The van der Waals surface area contributed by atoms with Crippen LogP contribution in [0.2, 0.25) is 0 Å². The van der Waals surface area contributed by atoms with Crippen molar-refractivity contribution in [3.63, 3.8) is 0 Å². The van der Waals surface area contributed by atoms with Gasteiger partial charge in [0.15, 0.2) is 0 Å². The van der Waals surface area contributed by atoms with Crippen molar-refractivity contribution < 1.29 is 18.7 Å². The Balaban J connectivity index is 1.57. The van der Waals surface area contributed by atoms with Gasteiger partial charge in [-0.3, -0.25) is 19.3 Å². The summed E-state index contributed by atoms with van der Waals surface area (Å²) in [5, 5.41) is 0.931. The number of aryl methyl sites for hydroxylation is 1. The van der Waals surface area contributed by atoms with E-state index in [0.717, 1.165) is 16.6 Å². The standard InChI is InChI=1S/C28H29N3O5S2/c1-3-30-22-10-6-5-9-20(22)24(29-13-11-18(12-14-29)27(34)35-4-2)21(25(30)32)16-23-26(33)31(28(37)38-23)17-19-8-7-15-36-19/h5-10,15-16,18H,3-4,11-14,17H2,1-2H3. The summed E-state index contributed by atoms with van der Waals surface area (Å²) in [6, 6.07) is 11.4. The number of para-hydroxylation sites is 1. The Morgan fingerprint density at radius 3 is 2.61 bits per heavy atom. The summed E-state index contributed by atoms with van der Waals surface area (Å²) in [5.74, 6) is 0.0550. The fraction of sp³-hybridized carbons (Fsp3) is 0.357. The largest absolute Gasteiger partial charge is 0.467 e. The predicted octanol–water partition coefficient (Wildman–Crippen LogP) is 4.80. The molecule has 4 heterocycles. The number of piperidine rings is 1. The lowest BCUT2D eigenvalue weighted by Gasteiger charge is -2.34. The van der Waals surface area contributed by atoms with Crippen LogP contribution >= 0.6 is 24.0 Å². The van der Waals surface area contributed by atoms with Crippen LogP contribution in [0.4, 0.5) is 5.69 Å². The molecule has 1 amide bonds. The maximum Gasteiger partial charge on any atom is 0.309 e. The summed E-state index contributed by atoms with van der Waals surface area (Å²) in [6.07, 6.45) is 4.51. The van der Waals surface area contributed by atoms with Crippen LogP contribution < -0.4 is 10.5 Å². The van der Waals surface area contributed by atoms with E-state index in [-0.39, 0.29) is 29.9 Å². The molecule has 198 valence electrons. The number of hydrogen-bond acceptors (Lipinski definition) is 8. The first-order valence-corrected chi connectivity index (χ1v) is 14.0. The molecule has 2 aliphatic heterocycles. The van der Waals surface area contributed by atoms with E-state index in [1.807, 2.05) is 38.1 Å². The van der Waals surface area contributed by atoms with Crippen LogP contribution in [0.25, 0.3) is 17.0 Å². The number of carbonyl (C=O) groups is 2. The molecule has 2 aliphatic rings. The lowest BCUT2D eigenvalue weighted by Crippen LogP contribution is -2.39. The van der Waals surface area contributed by atoms with Crippen LogP contribution in [0, 0.1) is 5.92 Å². The number of anilines is 1. The molecule has 8 nitrogen and oxygen atoms in total. The molecule has 0 atom stereocenters. The highest BCUT2D eigenvalue weighted by Crippen LogP contribution is 2.38. The van der Waals surface area contributed by atoms with Crippen molar-refractivity contribution in [3.05, 3.63) is 69.2 Å². The maximum atomic E-state index is 13.9. The SMILES string of the molecule is CCOC(=O)C1CCN(c2c(C=C3SC(=S)N(Cc4ccco4)C3=O)c(=O)n(CC)c3ccccc23)CC1. The lowest BCUT2D eigenvalue weighted by molar-refractivity contribution is -0.148. The Morgan fingerprint density at radius 1 is 1.16 bits per heavy atom. The van der Waals surface area contributed by atoms with E-state index >= 15 is 0 Å². The number of amides is 1. The average molecular weight is 552 g/mol. The summed E-state index contributed by atoms with van der Waals surface area (Å²) in [7, 11) is 0. The number of fused-ring (bicyclic) bond motifs is 1. The van der Waals surface area contributed by atoms with E-state index in [1.54, 1.807) is 29.0 Å². The van der Waals surface area contributed by atoms with Crippen molar-refractivity contribution in [3.8, 4) is 0 Å². The summed E-state index contributed by atoms with van der Waals surface area (Å²) in [6.45, 7) is 6.04. The number of benzene rings is 1. The number of hydrogen-bond donors (Lipinski definition) is 0. The molecule has 0 spiro atoms. The molecule has 1 aromatic carbocycles. The molecule has 0 N–H and O–H groups in total. The molecule has 0 bridgehead atoms. The summed E-state index contributed by atoms with van der Waals surface area (Å²) in [4.78, 5) is 43.7. The third-order valence-electron chi connectivity index (χ3n) is 6.97. The van der Waals surface area contributed by atoms with E-state index in [1.165, 1.54) is 16.7 Å². The quantitative estimate of drug-likeness (QED) is 0.235. The van der Waals surface area contributed by atoms with Crippen LogP contribution in [0.3, 0.4) is 0 Å². The zero-order valence-electron chi connectivity index (χ0n) is 21.3. The van der Waals surface area contributed by atoms with Gasteiger partial charge >= 0.3 is 5.97 Å². The molecule has 0 aliphatic carbocycles. The number of pyridine rings is 1. The lowest BCUT2D eigenvalue weighted by atomic mass is 9.95. The van der Waals surface area contributed by atoms with Gasteiger partial charge in [0.05, 0.1) is 47.0 Å². The predicted molar refractivity (Wildman–Crippen MR) is 153 cm³/mol. The molecular weight excluding hydrogens is 522 g/mol. The number of aromatic nitrogens is 1. The van der Waals surface area contributed by atoms with Crippen molar-refractivity contribution in [1.82, 2.24) is 9.47 Å². The first-order valence-electron chi connectivity index (χ1n) is 12.8. The Hall–Kier alpha value is -3.37. The molecule has 2 aromatic heterocycles. The van der Waals surface area contributed by atoms with Crippen LogP contribution in [-0.4, -0.2) is 45.4 Å². The van der Waals surface area contributed by atoms with Crippen LogP contribution in [-0.2, 0) is 27.4 Å². The molecule has 0 unspecified atom stereocenters. The van der Waals surface area contributed by atoms with Crippen molar-refractivity contribution in [2.75, 3.05) is 24.6 Å². The third-order valence-corrected chi connectivity index (χ3v) is 8.35. The number of furan rings is 1. The molecule has 2 saturated heterocycles. The Morgan fingerprint density at radius 2 is 1.92 bits per heavy atom. The number of thiocarbonyl (C=S) groups is 1. The first kappa shape index (κ1) is 26.2. The second-order valence-electron chi connectivity index (χ2n) is 9.19. The molecule has 38 heavy (non-hydrogen) atoms. The highest BCUT2D eigenvalue weighted by Gasteiger charge is 2.34. The summed E-state index contributed by atoms with van der Waals surface area (Å²) in [5.41, 5.74) is 1.92. The van der Waals surface area contributed by atoms with Gasteiger partial charge in [0.1, 0.15) is 10.1 Å². The minimum atomic E-state index is -0.251. The van der Waals surface area contributed by atoms with Gasteiger partial charge in [-0.25, -0.2) is 0 Å². The van der Waals surface area contributed by atoms with Gasteiger partial charge in [-0.1, -0.05) is 42.2 Å². The van der Waals surface area contributed by atoms with Gasteiger partial charge in [-0.15, -0.1) is 0 Å². The molecule has 3 aromatic rings. The van der Waals surface area contributed by atoms with Crippen LogP contribution in [0.1, 0.15) is 38.0 Å². The van der Waals surface area contributed by atoms with Gasteiger partial charge in [0.25, 0.3) is 11.5 Å². The fourth-order valence-corrected chi connectivity index (χ4v) is 6.36. The maximum absolute atomic E-state index is 13.9. The highest BCUT2D eigenvalue weighted by molar-refractivity contribution is 8.26. The van der Waals surface area contributed by atoms with Crippen molar-refractivity contribution >= 4 is 62.8 Å². The second kappa shape index (κ2) is 11.2. The summed E-state index contributed by atoms with van der Waals surface area (Å²) < 4.78 is 12.8. The van der Waals surface area contributed by atoms with Crippen molar-refractivity contribution in [1.29, 1.82) is 0 Å². The van der Waals surface area contributed by atoms with Crippen molar-refractivity contribution in [2.45, 2.75) is 39.8 Å². The topological polar surface area (TPSA) is 85.0 Å². The number of carbonyl (C=O) groups excluding carboxylic acids is 2. The number of rotatable bonds is 7. The minimum Gasteiger partial charge on any atom is -0.467 e. The normalized spacial score (nSPS) is 17.7. The average Bonchev–Trinajstić information content (AvgIpc) is 3.53. The fourth-order valence-electron chi connectivity index (χ4n) is 5.12. The van der Waals surface area contributed by atoms with E-state index in [2.05, 4.69) is 4.90 Å². The van der Waals surface area contributed by atoms with E-state index in [4.69, 9.17) is 21.4 Å². The van der Waals surface area contributed by atoms with Gasteiger partial charge in [0.2, 0.25) is 0 Å². The van der Waals surface area contributed by atoms with Crippen molar-refractivity contribution in [2.24, 2.45) is 5.92 Å². The highest BCUT2D eigenvalue weighted by atomic mass is 32.2. The molecular formula is C28H29N3O5S2.